The minimum atomic E-state index is 0.143. The lowest BCUT2D eigenvalue weighted by molar-refractivity contribution is -0.122. The van der Waals surface area contributed by atoms with Crippen molar-refractivity contribution in [3.05, 3.63) is 17.5 Å². The van der Waals surface area contributed by atoms with Crippen LogP contribution in [0.15, 0.2) is 10.6 Å². The zero-order chi connectivity index (χ0) is 15.2. The molecule has 1 amide bonds. The Morgan fingerprint density at radius 3 is 2.57 bits per heavy atom. The Morgan fingerprint density at radius 2 is 2.00 bits per heavy atom. The zero-order valence-electron chi connectivity index (χ0n) is 13.3. The highest BCUT2D eigenvalue weighted by atomic mass is 16.5. The van der Waals surface area contributed by atoms with E-state index in [9.17, 15) is 4.79 Å². The average Bonchev–Trinajstić information content (AvgIpc) is 2.83. The van der Waals surface area contributed by atoms with Crippen LogP contribution in [0.3, 0.4) is 0 Å². The van der Waals surface area contributed by atoms with Crippen LogP contribution < -0.4 is 5.32 Å². The fraction of sp³-hybridized carbons (Fsp3) is 0.733. The van der Waals surface area contributed by atoms with Gasteiger partial charge in [-0.3, -0.25) is 9.69 Å². The highest BCUT2D eigenvalue weighted by molar-refractivity contribution is 5.76. The summed E-state index contributed by atoms with van der Waals surface area (Å²) in [6.07, 6.45) is 0.583. The maximum atomic E-state index is 11.6. The number of piperazine rings is 1. The largest absolute Gasteiger partial charge is 0.360 e. The molecule has 0 unspecified atom stereocenters. The normalized spacial score (nSPS) is 17.3. The first-order chi connectivity index (χ1) is 10.0. The lowest BCUT2D eigenvalue weighted by Crippen LogP contribution is -2.46. The van der Waals surface area contributed by atoms with E-state index in [0.717, 1.165) is 50.7 Å². The Bertz CT molecular complexity index is 450. The highest BCUT2D eigenvalue weighted by Gasteiger charge is 2.18. The first-order valence-corrected chi connectivity index (χ1v) is 7.69. The van der Waals surface area contributed by atoms with Crippen molar-refractivity contribution in [1.82, 2.24) is 20.3 Å². The topological polar surface area (TPSA) is 61.6 Å². The molecule has 2 rings (SSSR count). The molecule has 0 aromatic carbocycles. The minimum Gasteiger partial charge on any atom is -0.360 e. The van der Waals surface area contributed by atoms with Gasteiger partial charge in [0, 0.05) is 51.3 Å². The van der Waals surface area contributed by atoms with Crippen molar-refractivity contribution in [2.24, 2.45) is 0 Å². The van der Waals surface area contributed by atoms with E-state index in [-0.39, 0.29) is 11.9 Å². The Morgan fingerprint density at radius 1 is 1.33 bits per heavy atom. The lowest BCUT2D eigenvalue weighted by atomic mass is 10.2. The van der Waals surface area contributed by atoms with Gasteiger partial charge >= 0.3 is 0 Å². The third-order valence-corrected chi connectivity index (χ3v) is 3.63. The summed E-state index contributed by atoms with van der Waals surface area (Å²) in [5.41, 5.74) is 0.930. The maximum Gasteiger partial charge on any atom is 0.221 e. The molecule has 6 heteroatoms. The Kier molecular flexibility index (Phi) is 5.76. The number of rotatable bonds is 6. The summed E-state index contributed by atoms with van der Waals surface area (Å²) in [6.45, 7) is 11.6. The molecule has 0 aliphatic carbocycles. The third kappa shape index (κ3) is 5.47. The van der Waals surface area contributed by atoms with Crippen molar-refractivity contribution in [1.29, 1.82) is 0 Å². The molecule has 1 aliphatic heterocycles. The number of hydrogen-bond donors (Lipinski definition) is 1. The molecule has 1 N–H and O–H groups in total. The molecule has 0 radical (unpaired) electrons. The summed E-state index contributed by atoms with van der Waals surface area (Å²) in [5, 5.41) is 6.84. The maximum absolute atomic E-state index is 11.6. The van der Waals surface area contributed by atoms with Crippen LogP contribution >= 0.6 is 0 Å². The molecule has 21 heavy (non-hydrogen) atoms. The van der Waals surface area contributed by atoms with Gasteiger partial charge < -0.3 is 14.7 Å². The second-order valence-corrected chi connectivity index (χ2v) is 6.02. The molecule has 0 spiro atoms. The highest BCUT2D eigenvalue weighted by Crippen LogP contribution is 2.09. The number of aromatic nitrogens is 1. The van der Waals surface area contributed by atoms with Gasteiger partial charge in [0.15, 0.2) is 5.76 Å². The van der Waals surface area contributed by atoms with Crippen molar-refractivity contribution in [3.8, 4) is 0 Å². The number of nitrogens with zero attached hydrogens (tertiary/aromatic N) is 3. The van der Waals surface area contributed by atoms with Gasteiger partial charge in [0.05, 0.1) is 12.2 Å². The van der Waals surface area contributed by atoms with E-state index in [0.29, 0.717) is 6.42 Å². The molecule has 6 nitrogen and oxygen atoms in total. The standard InChI is InChI=1S/C15H26N4O2/c1-12(2)16-15(20)4-5-18-6-8-19(9-7-18)11-14-10-13(3)17-21-14/h10,12H,4-9,11H2,1-3H3,(H,16,20). The molecule has 0 saturated carbocycles. The number of carbonyl (C=O) groups excluding carboxylic acids is 1. The predicted molar refractivity (Wildman–Crippen MR) is 80.9 cm³/mol. The molecular weight excluding hydrogens is 268 g/mol. The van der Waals surface area contributed by atoms with Crippen LogP contribution in [0.25, 0.3) is 0 Å². The van der Waals surface area contributed by atoms with Crippen molar-refractivity contribution < 1.29 is 9.32 Å². The number of aryl methyl sites for hydroxylation is 1. The SMILES string of the molecule is Cc1cc(CN2CCN(CCC(=O)NC(C)C)CC2)on1. The van der Waals surface area contributed by atoms with Crippen LogP contribution in [0.4, 0.5) is 0 Å². The van der Waals surface area contributed by atoms with Crippen LogP contribution in [0.1, 0.15) is 31.7 Å². The molecule has 1 aliphatic rings. The summed E-state index contributed by atoms with van der Waals surface area (Å²) >= 11 is 0. The van der Waals surface area contributed by atoms with E-state index in [2.05, 4.69) is 20.3 Å². The number of nitrogens with one attached hydrogen (secondary N) is 1. The molecule has 1 aromatic heterocycles. The molecule has 2 heterocycles. The third-order valence-electron chi connectivity index (χ3n) is 3.63. The van der Waals surface area contributed by atoms with Gasteiger partial charge in [-0.1, -0.05) is 5.16 Å². The first-order valence-electron chi connectivity index (χ1n) is 7.69. The van der Waals surface area contributed by atoms with Crippen molar-refractivity contribution in [2.45, 2.75) is 39.8 Å². The quantitative estimate of drug-likeness (QED) is 0.848. The van der Waals surface area contributed by atoms with Gasteiger partial charge in [-0.05, 0) is 20.8 Å². The van der Waals surface area contributed by atoms with Crippen LogP contribution in [-0.4, -0.2) is 59.6 Å². The number of carbonyl (C=O) groups is 1. The molecule has 118 valence electrons. The number of amides is 1. The molecule has 0 atom stereocenters. The summed E-state index contributed by atoms with van der Waals surface area (Å²) in [4.78, 5) is 16.4. The summed E-state index contributed by atoms with van der Waals surface area (Å²) in [5.74, 6) is 1.07. The first kappa shape index (κ1) is 16.0. The van der Waals surface area contributed by atoms with E-state index >= 15 is 0 Å². The van der Waals surface area contributed by atoms with Gasteiger partial charge in [0.1, 0.15) is 0 Å². The van der Waals surface area contributed by atoms with Gasteiger partial charge in [-0.25, -0.2) is 0 Å². The van der Waals surface area contributed by atoms with E-state index < -0.39 is 0 Å². The van der Waals surface area contributed by atoms with Crippen molar-refractivity contribution in [2.75, 3.05) is 32.7 Å². The number of hydrogen-bond acceptors (Lipinski definition) is 5. The van der Waals surface area contributed by atoms with Crippen LogP contribution in [-0.2, 0) is 11.3 Å². The van der Waals surface area contributed by atoms with Crippen molar-refractivity contribution in [3.63, 3.8) is 0 Å². The smallest absolute Gasteiger partial charge is 0.221 e. The summed E-state index contributed by atoms with van der Waals surface area (Å²) in [7, 11) is 0. The lowest BCUT2D eigenvalue weighted by Gasteiger charge is -2.34. The summed E-state index contributed by atoms with van der Waals surface area (Å²) < 4.78 is 5.25. The second kappa shape index (κ2) is 7.56. The van der Waals surface area contributed by atoms with Gasteiger partial charge in [-0.15, -0.1) is 0 Å². The zero-order valence-corrected chi connectivity index (χ0v) is 13.3. The minimum absolute atomic E-state index is 0.143. The molecule has 1 saturated heterocycles. The van der Waals surface area contributed by atoms with Gasteiger partial charge in [-0.2, -0.15) is 0 Å². The fourth-order valence-corrected chi connectivity index (χ4v) is 2.54. The van der Waals surface area contributed by atoms with Crippen LogP contribution in [0.5, 0.6) is 0 Å². The van der Waals surface area contributed by atoms with Crippen LogP contribution in [0, 0.1) is 6.92 Å². The Labute approximate surface area is 126 Å². The fourth-order valence-electron chi connectivity index (χ4n) is 2.54. The van der Waals surface area contributed by atoms with Crippen molar-refractivity contribution >= 4 is 5.91 Å². The molecule has 0 bridgehead atoms. The Hall–Kier alpha value is -1.40. The molecule has 1 fully saturated rings. The van der Waals surface area contributed by atoms with E-state index in [1.807, 2.05) is 26.8 Å². The average molecular weight is 294 g/mol. The van der Waals surface area contributed by atoms with E-state index in [4.69, 9.17) is 4.52 Å². The van der Waals surface area contributed by atoms with Gasteiger partial charge in [0.25, 0.3) is 0 Å². The predicted octanol–water partition coefficient (Wildman–Crippen LogP) is 1.02. The van der Waals surface area contributed by atoms with E-state index in [1.165, 1.54) is 0 Å². The molecular formula is C15H26N4O2. The van der Waals surface area contributed by atoms with Crippen LogP contribution in [0.2, 0.25) is 0 Å². The molecule has 1 aromatic rings. The van der Waals surface area contributed by atoms with E-state index in [1.54, 1.807) is 0 Å². The monoisotopic (exact) mass is 294 g/mol. The van der Waals surface area contributed by atoms with Gasteiger partial charge in [0.2, 0.25) is 5.91 Å². The second-order valence-electron chi connectivity index (χ2n) is 6.02. The Balaban J connectivity index is 1.65. The summed E-state index contributed by atoms with van der Waals surface area (Å²) in [6, 6.07) is 2.21.